The van der Waals surface area contributed by atoms with E-state index in [9.17, 15) is 19.2 Å². The fourth-order valence-corrected chi connectivity index (χ4v) is 4.81. The highest BCUT2D eigenvalue weighted by molar-refractivity contribution is 6.03. The molecule has 2 unspecified atom stereocenters. The molecular formula is C26H29N3O5. The molecule has 2 N–H and O–H groups in total. The summed E-state index contributed by atoms with van der Waals surface area (Å²) in [7, 11) is 1.25. The first-order valence-corrected chi connectivity index (χ1v) is 11.6. The molecule has 8 heteroatoms. The summed E-state index contributed by atoms with van der Waals surface area (Å²) < 4.78 is 4.52. The van der Waals surface area contributed by atoms with Crippen LogP contribution in [0.25, 0.3) is 0 Å². The van der Waals surface area contributed by atoms with Gasteiger partial charge in [-0.2, -0.15) is 0 Å². The topological polar surface area (TPSA) is 105 Å². The molecule has 4 rings (SSSR count). The highest BCUT2D eigenvalue weighted by atomic mass is 16.5. The van der Waals surface area contributed by atoms with Crippen LogP contribution in [0.4, 0.5) is 11.4 Å². The summed E-state index contributed by atoms with van der Waals surface area (Å²) >= 11 is 0. The van der Waals surface area contributed by atoms with Crippen molar-refractivity contribution < 1.29 is 23.9 Å². The van der Waals surface area contributed by atoms with Gasteiger partial charge in [-0.15, -0.1) is 0 Å². The molecule has 1 fully saturated rings. The minimum Gasteiger partial charge on any atom is -0.468 e. The third kappa shape index (κ3) is 5.11. The number of methoxy groups -OCH3 is 1. The summed E-state index contributed by atoms with van der Waals surface area (Å²) in [6.45, 7) is 0.406. The maximum atomic E-state index is 13.5. The predicted octanol–water partition coefficient (Wildman–Crippen LogP) is 2.92. The summed E-state index contributed by atoms with van der Waals surface area (Å²) in [5.41, 5.74) is 2.89. The number of rotatable bonds is 6. The number of amides is 3. The Balaban J connectivity index is 1.44. The molecule has 0 saturated heterocycles. The van der Waals surface area contributed by atoms with E-state index in [1.54, 1.807) is 24.3 Å². The SMILES string of the molecule is COC(=O)CNC(=O)c1cccc(NC(=O)C2CCCCC2C(=O)N2CCc3ccccc32)c1. The van der Waals surface area contributed by atoms with Crippen LogP contribution in [-0.4, -0.2) is 43.9 Å². The van der Waals surface area contributed by atoms with E-state index in [0.29, 0.717) is 30.6 Å². The number of hydrogen-bond acceptors (Lipinski definition) is 5. The van der Waals surface area contributed by atoms with E-state index in [2.05, 4.69) is 15.4 Å². The number of para-hydroxylation sites is 1. The van der Waals surface area contributed by atoms with Crippen LogP contribution < -0.4 is 15.5 Å². The first kappa shape index (κ1) is 23.5. The zero-order valence-corrected chi connectivity index (χ0v) is 19.2. The average Bonchev–Trinajstić information content (AvgIpc) is 3.31. The van der Waals surface area contributed by atoms with Crippen LogP contribution in [0.1, 0.15) is 41.6 Å². The third-order valence-corrected chi connectivity index (χ3v) is 6.59. The highest BCUT2D eigenvalue weighted by Gasteiger charge is 2.39. The van der Waals surface area contributed by atoms with Crippen molar-refractivity contribution in [2.24, 2.45) is 11.8 Å². The zero-order valence-electron chi connectivity index (χ0n) is 19.2. The molecule has 0 radical (unpaired) electrons. The molecular weight excluding hydrogens is 434 g/mol. The van der Waals surface area contributed by atoms with Crippen LogP contribution in [-0.2, 0) is 25.5 Å². The number of fused-ring (bicyclic) bond motifs is 1. The van der Waals surface area contributed by atoms with Gasteiger partial charge >= 0.3 is 5.97 Å². The summed E-state index contributed by atoms with van der Waals surface area (Å²) in [5.74, 6) is -1.98. The summed E-state index contributed by atoms with van der Waals surface area (Å²) in [6.07, 6.45) is 3.98. The summed E-state index contributed by atoms with van der Waals surface area (Å²) in [5, 5.41) is 5.37. The van der Waals surface area contributed by atoms with Gasteiger partial charge in [0.2, 0.25) is 11.8 Å². The van der Waals surface area contributed by atoms with Crippen molar-refractivity contribution in [1.82, 2.24) is 5.32 Å². The Kier molecular flexibility index (Phi) is 7.25. The van der Waals surface area contributed by atoms with E-state index in [1.165, 1.54) is 7.11 Å². The molecule has 3 amide bonds. The standard InChI is InChI=1S/C26H29N3O5/c1-34-23(30)16-27-24(31)18-8-6-9-19(15-18)28-25(32)20-10-3-4-11-21(20)26(33)29-14-13-17-7-2-5-12-22(17)29/h2,5-9,12,15,20-21H,3-4,10-11,13-14,16H2,1H3,(H,27,31)(H,28,32). The first-order chi connectivity index (χ1) is 16.5. The molecule has 34 heavy (non-hydrogen) atoms. The van der Waals surface area contributed by atoms with Gasteiger partial charge in [-0.3, -0.25) is 19.2 Å². The predicted molar refractivity (Wildman–Crippen MR) is 127 cm³/mol. The Morgan fingerprint density at radius 2 is 1.76 bits per heavy atom. The zero-order chi connectivity index (χ0) is 24.1. The van der Waals surface area contributed by atoms with Crippen molar-refractivity contribution in [3.63, 3.8) is 0 Å². The maximum absolute atomic E-state index is 13.5. The van der Waals surface area contributed by atoms with Crippen molar-refractivity contribution in [1.29, 1.82) is 0 Å². The molecule has 178 valence electrons. The molecule has 2 aromatic rings. The first-order valence-electron chi connectivity index (χ1n) is 11.6. The molecule has 8 nitrogen and oxygen atoms in total. The van der Waals surface area contributed by atoms with Crippen LogP contribution in [0.5, 0.6) is 0 Å². The average molecular weight is 464 g/mol. The van der Waals surface area contributed by atoms with E-state index < -0.39 is 17.8 Å². The lowest BCUT2D eigenvalue weighted by Gasteiger charge is -2.32. The van der Waals surface area contributed by atoms with Gasteiger partial charge in [0.15, 0.2) is 0 Å². The van der Waals surface area contributed by atoms with Gasteiger partial charge < -0.3 is 20.3 Å². The molecule has 0 spiro atoms. The lowest BCUT2D eigenvalue weighted by atomic mass is 9.77. The van der Waals surface area contributed by atoms with Gasteiger partial charge in [-0.25, -0.2) is 0 Å². The molecule has 2 aliphatic rings. The minimum atomic E-state index is -0.550. The van der Waals surface area contributed by atoms with Crippen molar-refractivity contribution in [3.05, 3.63) is 59.7 Å². The van der Waals surface area contributed by atoms with Crippen LogP contribution in [0, 0.1) is 11.8 Å². The normalized spacial score (nSPS) is 19.1. The number of carbonyl (C=O) groups is 4. The smallest absolute Gasteiger partial charge is 0.325 e. The minimum absolute atomic E-state index is 0.0146. The number of anilines is 2. The van der Waals surface area contributed by atoms with Gasteiger partial charge in [-0.05, 0) is 49.1 Å². The van der Waals surface area contributed by atoms with Gasteiger partial charge in [0, 0.05) is 29.4 Å². The number of carbonyl (C=O) groups excluding carboxylic acids is 4. The van der Waals surface area contributed by atoms with Crippen LogP contribution in [0.15, 0.2) is 48.5 Å². The molecule has 2 aromatic carbocycles. The van der Waals surface area contributed by atoms with Gasteiger partial charge in [0.25, 0.3) is 5.91 Å². The Morgan fingerprint density at radius 1 is 1.00 bits per heavy atom. The van der Waals surface area contributed by atoms with E-state index in [1.807, 2.05) is 29.2 Å². The van der Waals surface area contributed by atoms with Crippen molar-refractivity contribution >= 4 is 35.1 Å². The molecule has 1 saturated carbocycles. The lowest BCUT2D eigenvalue weighted by molar-refractivity contribution is -0.139. The Morgan fingerprint density at radius 3 is 2.56 bits per heavy atom. The quantitative estimate of drug-likeness (QED) is 0.641. The maximum Gasteiger partial charge on any atom is 0.325 e. The summed E-state index contributed by atoms with van der Waals surface area (Å²) in [4.78, 5) is 52.1. The van der Waals surface area contributed by atoms with Gasteiger partial charge in [-0.1, -0.05) is 37.1 Å². The fraction of sp³-hybridized carbons (Fsp3) is 0.385. The second-order valence-electron chi connectivity index (χ2n) is 8.69. The number of hydrogen-bond donors (Lipinski definition) is 2. The van der Waals surface area contributed by atoms with Crippen molar-refractivity contribution in [3.8, 4) is 0 Å². The molecule has 1 aliphatic carbocycles. The van der Waals surface area contributed by atoms with Gasteiger partial charge in [0.05, 0.1) is 13.0 Å². The van der Waals surface area contributed by atoms with Crippen LogP contribution >= 0.6 is 0 Å². The Labute approximate surface area is 198 Å². The van der Waals surface area contributed by atoms with Gasteiger partial charge in [0.1, 0.15) is 6.54 Å². The summed E-state index contributed by atoms with van der Waals surface area (Å²) in [6, 6.07) is 14.4. The molecule has 1 heterocycles. The third-order valence-electron chi connectivity index (χ3n) is 6.59. The van der Waals surface area contributed by atoms with E-state index in [0.717, 1.165) is 30.5 Å². The fourth-order valence-electron chi connectivity index (χ4n) is 4.81. The number of ether oxygens (including phenoxy) is 1. The molecule has 0 aromatic heterocycles. The highest BCUT2D eigenvalue weighted by Crippen LogP contribution is 2.36. The largest absolute Gasteiger partial charge is 0.468 e. The van der Waals surface area contributed by atoms with Crippen LogP contribution in [0.2, 0.25) is 0 Å². The van der Waals surface area contributed by atoms with Crippen LogP contribution in [0.3, 0.4) is 0 Å². The lowest BCUT2D eigenvalue weighted by Crippen LogP contribution is -2.43. The monoisotopic (exact) mass is 463 g/mol. The van der Waals surface area contributed by atoms with E-state index in [-0.39, 0.29) is 24.3 Å². The molecule has 0 bridgehead atoms. The Hall–Kier alpha value is -3.68. The number of esters is 1. The molecule has 1 aliphatic heterocycles. The van der Waals surface area contributed by atoms with Crippen molar-refractivity contribution in [2.45, 2.75) is 32.1 Å². The number of nitrogens with zero attached hydrogens (tertiary/aromatic N) is 1. The second kappa shape index (κ2) is 10.5. The molecule has 2 atom stereocenters. The number of benzene rings is 2. The second-order valence-corrected chi connectivity index (χ2v) is 8.69. The van der Waals surface area contributed by atoms with Crippen molar-refractivity contribution in [2.75, 3.05) is 30.4 Å². The van der Waals surface area contributed by atoms with E-state index in [4.69, 9.17) is 0 Å². The number of nitrogens with one attached hydrogen (secondary N) is 2. The van der Waals surface area contributed by atoms with E-state index >= 15 is 0 Å². The Bertz CT molecular complexity index is 1100.